The summed E-state index contributed by atoms with van der Waals surface area (Å²) in [7, 11) is 0. The number of aryl methyl sites for hydroxylation is 2. The molecule has 0 aliphatic heterocycles. The summed E-state index contributed by atoms with van der Waals surface area (Å²) >= 11 is 6.29. The van der Waals surface area contributed by atoms with Gasteiger partial charge < -0.3 is 10.1 Å². The van der Waals surface area contributed by atoms with Crippen LogP contribution in [-0.4, -0.2) is 24.9 Å². The highest BCUT2D eigenvalue weighted by atomic mass is 35.5. The van der Waals surface area contributed by atoms with Gasteiger partial charge in [0.2, 0.25) is 0 Å². The van der Waals surface area contributed by atoms with Gasteiger partial charge in [-0.15, -0.1) is 0 Å². The van der Waals surface area contributed by atoms with Crippen molar-refractivity contribution in [3.8, 4) is 0 Å². The fraction of sp³-hybridized carbons (Fsp3) is 0.500. The number of halogens is 1. The van der Waals surface area contributed by atoms with Crippen molar-refractivity contribution in [1.29, 1.82) is 0 Å². The summed E-state index contributed by atoms with van der Waals surface area (Å²) in [5.41, 5.74) is 1.74. The molecule has 98 valence electrons. The highest BCUT2D eigenvalue weighted by Gasteiger charge is 2.19. The summed E-state index contributed by atoms with van der Waals surface area (Å²) in [4.78, 5) is 6.95. The zero-order chi connectivity index (χ0) is 13.1. The second-order valence-electron chi connectivity index (χ2n) is 4.07. The smallest absolute Gasteiger partial charge is 0.135 e. The van der Waals surface area contributed by atoms with Crippen LogP contribution in [0.4, 0.5) is 0 Å². The molecule has 0 aromatic carbocycles. The number of nitrogens with one attached hydrogen (secondary N) is 1. The van der Waals surface area contributed by atoms with Crippen LogP contribution in [0.25, 0.3) is 0 Å². The number of aromatic nitrogens is 4. The van der Waals surface area contributed by atoms with Gasteiger partial charge in [0.1, 0.15) is 11.9 Å². The zero-order valence-electron chi connectivity index (χ0n) is 10.5. The fourth-order valence-corrected chi connectivity index (χ4v) is 2.30. The van der Waals surface area contributed by atoms with Gasteiger partial charge in [-0.1, -0.05) is 18.5 Å². The lowest BCUT2D eigenvalue weighted by molar-refractivity contribution is 0.166. The third-order valence-electron chi connectivity index (χ3n) is 2.92. The molecule has 5 nitrogen and oxygen atoms in total. The van der Waals surface area contributed by atoms with Crippen molar-refractivity contribution >= 4 is 11.6 Å². The Hall–Kier alpha value is -1.33. The van der Waals surface area contributed by atoms with E-state index in [1.165, 1.54) is 0 Å². The highest BCUT2D eigenvalue weighted by molar-refractivity contribution is 6.31. The maximum absolute atomic E-state index is 10.1. The second kappa shape index (κ2) is 5.54. The Kier molecular flexibility index (Phi) is 4.04. The molecule has 2 N–H and O–H groups in total. The first-order valence-corrected chi connectivity index (χ1v) is 6.46. The molecular formula is C12H17ClN4O. The molecule has 2 aromatic rings. The molecule has 0 fully saturated rings. The van der Waals surface area contributed by atoms with Gasteiger partial charge in [-0.3, -0.25) is 4.68 Å². The zero-order valence-corrected chi connectivity index (χ0v) is 11.3. The lowest BCUT2D eigenvalue weighted by atomic mass is 10.1. The molecule has 1 unspecified atom stereocenters. The molecule has 0 aliphatic carbocycles. The summed E-state index contributed by atoms with van der Waals surface area (Å²) in [5, 5.41) is 15.2. The molecule has 0 aliphatic rings. The molecule has 6 heteroatoms. The van der Waals surface area contributed by atoms with Crippen molar-refractivity contribution in [2.75, 3.05) is 0 Å². The van der Waals surface area contributed by atoms with Gasteiger partial charge in [-0.25, -0.2) is 4.98 Å². The molecule has 2 aromatic heterocycles. The van der Waals surface area contributed by atoms with Crippen LogP contribution < -0.4 is 0 Å². The van der Waals surface area contributed by atoms with Crippen LogP contribution in [0, 0.1) is 0 Å². The summed E-state index contributed by atoms with van der Waals surface area (Å²) in [5.74, 6) is 0.549. The molecule has 0 radical (unpaired) electrons. The van der Waals surface area contributed by atoms with Crippen molar-refractivity contribution in [1.82, 2.24) is 19.7 Å². The lowest BCUT2D eigenvalue weighted by Gasteiger charge is -2.09. The number of aromatic amines is 1. The average Bonchev–Trinajstić information content (AvgIpc) is 2.99. The van der Waals surface area contributed by atoms with E-state index in [-0.39, 0.29) is 0 Å². The number of rotatable bonds is 5. The van der Waals surface area contributed by atoms with Gasteiger partial charge in [0.05, 0.1) is 16.4 Å². The molecule has 0 bridgehead atoms. The molecule has 0 saturated carbocycles. The number of imidazole rings is 1. The van der Waals surface area contributed by atoms with Crippen molar-refractivity contribution in [3.63, 3.8) is 0 Å². The molecule has 2 rings (SSSR count). The Balaban J connectivity index is 2.25. The van der Waals surface area contributed by atoms with Gasteiger partial charge in [-0.2, -0.15) is 5.10 Å². The molecule has 0 saturated heterocycles. The van der Waals surface area contributed by atoms with Crippen LogP contribution in [-0.2, 0) is 19.4 Å². The van der Waals surface area contributed by atoms with E-state index in [1.54, 1.807) is 12.4 Å². The quantitative estimate of drug-likeness (QED) is 0.873. The minimum Gasteiger partial charge on any atom is -0.385 e. The van der Waals surface area contributed by atoms with E-state index >= 15 is 0 Å². The molecule has 18 heavy (non-hydrogen) atoms. The average molecular weight is 269 g/mol. The minimum absolute atomic E-state index is 0.410. The molecule has 0 amide bonds. The maximum atomic E-state index is 10.1. The number of hydrogen-bond acceptors (Lipinski definition) is 3. The van der Waals surface area contributed by atoms with Crippen molar-refractivity contribution < 1.29 is 5.11 Å². The molecule has 1 atom stereocenters. The normalized spacial score (nSPS) is 12.9. The summed E-state index contributed by atoms with van der Waals surface area (Å²) in [6.45, 7) is 4.76. The third-order valence-corrected chi connectivity index (χ3v) is 3.35. The van der Waals surface area contributed by atoms with E-state index in [0.717, 1.165) is 24.4 Å². The third kappa shape index (κ3) is 2.42. The van der Waals surface area contributed by atoms with Gasteiger partial charge in [-0.05, 0) is 13.3 Å². The van der Waals surface area contributed by atoms with Gasteiger partial charge >= 0.3 is 0 Å². The lowest BCUT2D eigenvalue weighted by Crippen LogP contribution is -2.10. The fourth-order valence-electron chi connectivity index (χ4n) is 1.95. The van der Waals surface area contributed by atoms with Crippen LogP contribution in [0.3, 0.4) is 0 Å². The van der Waals surface area contributed by atoms with E-state index in [4.69, 9.17) is 11.6 Å². The van der Waals surface area contributed by atoms with E-state index < -0.39 is 6.10 Å². The van der Waals surface area contributed by atoms with Crippen LogP contribution >= 0.6 is 11.6 Å². The number of aliphatic hydroxyl groups is 1. The first-order chi connectivity index (χ1) is 8.67. The second-order valence-corrected chi connectivity index (χ2v) is 4.45. The Labute approximate surface area is 111 Å². The van der Waals surface area contributed by atoms with Crippen LogP contribution in [0.15, 0.2) is 12.4 Å². The largest absolute Gasteiger partial charge is 0.385 e. The first kappa shape index (κ1) is 13.1. The van der Waals surface area contributed by atoms with Gasteiger partial charge in [0, 0.05) is 25.4 Å². The van der Waals surface area contributed by atoms with E-state index in [0.29, 0.717) is 17.3 Å². The van der Waals surface area contributed by atoms with Crippen LogP contribution in [0.1, 0.15) is 37.2 Å². The maximum Gasteiger partial charge on any atom is 0.135 e. The highest BCUT2D eigenvalue weighted by Crippen LogP contribution is 2.25. The van der Waals surface area contributed by atoms with E-state index in [2.05, 4.69) is 15.1 Å². The van der Waals surface area contributed by atoms with Crippen molar-refractivity contribution in [2.24, 2.45) is 0 Å². The van der Waals surface area contributed by atoms with Crippen molar-refractivity contribution in [2.45, 2.75) is 39.3 Å². The number of nitrogens with zero attached hydrogens (tertiary/aromatic N) is 3. The Morgan fingerprint density at radius 3 is 2.83 bits per heavy atom. The monoisotopic (exact) mass is 268 g/mol. The Bertz CT molecular complexity index is 506. The topological polar surface area (TPSA) is 66.7 Å². The van der Waals surface area contributed by atoms with Crippen LogP contribution in [0.2, 0.25) is 5.02 Å². The molecule has 2 heterocycles. The SMILES string of the molecule is CCc1nn(CC)c(CC(O)c2ncc[nH]2)c1Cl. The predicted octanol–water partition coefficient (Wildman–Crippen LogP) is 2.12. The number of hydrogen-bond donors (Lipinski definition) is 2. The first-order valence-electron chi connectivity index (χ1n) is 6.08. The predicted molar refractivity (Wildman–Crippen MR) is 69.5 cm³/mol. The minimum atomic E-state index is -0.691. The van der Waals surface area contributed by atoms with Gasteiger partial charge in [0.15, 0.2) is 0 Å². The summed E-state index contributed by atoms with van der Waals surface area (Å²) in [6.07, 6.45) is 3.82. The standard InChI is InChI=1S/C12H17ClN4O/c1-3-8-11(13)9(17(4-2)16-8)7-10(18)12-14-5-6-15-12/h5-6,10,18H,3-4,7H2,1-2H3,(H,14,15). The van der Waals surface area contributed by atoms with Crippen molar-refractivity contribution in [3.05, 3.63) is 34.6 Å². The van der Waals surface area contributed by atoms with E-state index in [9.17, 15) is 5.11 Å². The van der Waals surface area contributed by atoms with Gasteiger partial charge in [0.25, 0.3) is 0 Å². The molecular weight excluding hydrogens is 252 g/mol. The van der Waals surface area contributed by atoms with E-state index in [1.807, 2.05) is 18.5 Å². The molecule has 0 spiro atoms. The Morgan fingerprint density at radius 2 is 2.28 bits per heavy atom. The Morgan fingerprint density at radius 1 is 1.50 bits per heavy atom. The number of aliphatic hydroxyl groups excluding tert-OH is 1. The van der Waals surface area contributed by atoms with Crippen LogP contribution in [0.5, 0.6) is 0 Å². The number of H-pyrrole nitrogens is 1. The summed E-state index contributed by atoms with van der Waals surface area (Å²) < 4.78 is 1.84. The summed E-state index contributed by atoms with van der Waals surface area (Å²) in [6, 6.07) is 0.